The Balaban J connectivity index is 1.64. The van der Waals surface area contributed by atoms with E-state index >= 15 is 0 Å². The van der Waals surface area contributed by atoms with E-state index in [4.69, 9.17) is 4.74 Å². The lowest BCUT2D eigenvalue weighted by Crippen LogP contribution is -2.45. The highest BCUT2D eigenvalue weighted by molar-refractivity contribution is 8.76. The van der Waals surface area contributed by atoms with Crippen molar-refractivity contribution < 1.29 is 18.3 Å². The zero-order valence-corrected chi connectivity index (χ0v) is 22.9. The van der Waals surface area contributed by atoms with Crippen LogP contribution < -0.4 is 15.8 Å². The third kappa shape index (κ3) is 5.30. The second-order valence-electron chi connectivity index (χ2n) is 8.98. The number of amides is 1. The van der Waals surface area contributed by atoms with Crippen LogP contribution in [0.4, 0.5) is 19.3 Å². The highest BCUT2D eigenvalue weighted by Crippen LogP contribution is 2.49. The van der Waals surface area contributed by atoms with Crippen LogP contribution in [0, 0.1) is 11.6 Å². The van der Waals surface area contributed by atoms with Crippen LogP contribution in [0.15, 0.2) is 47.5 Å². The standard InChI is InChI=1S/C25H25F2N7O3S2/c1-13(39-38-3)10-37-25(36)29-12-34-18-9-16(27)8-17-19(18)21(31-32-24(17)35)20(23-28-11-30-33(23)2)22(34)14-4-6-15(26)7-5-14/h4-9,11,13,20,22H,10,12H2,1-3H3,(H,29,36)(H,32,35)/t13-,20-,22+/m0/s1. The molecule has 0 radical (unpaired) electrons. The van der Waals surface area contributed by atoms with Crippen molar-refractivity contribution in [1.29, 1.82) is 0 Å². The summed E-state index contributed by atoms with van der Waals surface area (Å²) in [5.41, 5.74) is 0.893. The molecule has 1 aliphatic heterocycles. The molecular weight excluding hydrogens is 548 g/mol. The molecule has 2 aromatic carbocycles. The number of alkyl carbamates (subject to hydrolysis) is 1. The summed E-state index contributed by atoms with van der Waals surface area (Å²) in [7, 11) is 4.88. The molecular formula is C25H25F2N7O3S2. The number of halogens is 2. The predicted octanol–water partition coefficient (Wildman–Crippen LogP) is 4.11. The Morgan fingerprint density at radius 2 is 2.00 bits per heavy atom. The van der Waals surface area contributed by atoms with Crippen molar-refractivity contribution in [3.8, 4) is 0 Å². The summed E-state index contributed by atoms with van der Waals surface area (Å²) in [6.45, 7) is 2.04. The normalized spacial score (nSPS) is 17.3. The lowest BCUT2D eigenvalue weighted by molar-refractivity contribution is 0.147. The van der Waals surface area contributed by atoms with Gasteiger partial charge in [-0.2, -0.15) is 10.2 Å². The Bertz CT molecular complexity index is 1560. The molecule has 3 heterocycles. The predicted molar refractivity (Wildman–Crippen MR) is 147 cm³/mol. The molecule has 0 spiro atoms. The molecule has 39 heavy (non-hydrogen) atoms. The molecule has 0 bridgehead atoms. The minimum absolute atomic E-state index is 0.0838. The number of benzene rings is 2. The number of rotatable bonds is 8. The smallest absolute Gasteiger partial charge is 0.408 e. The molecule has 204 valence electrons. The molecule has 0 unspecified atom stereocenters. The van der Waals surface area contributed by atoms with Gasteiger partial charge in [0.25, 0.3) is 5.56 Å². The number of anilines is 1. The topological polar surface area (TPSA) is 118 Å². The van der Waals surface area contributed by atoms with Gasteiger partial charge >= 0.3 is 6.09 Å². The molecule has 5 rings (SSSR count). The monoisotopic (exact) mass is 573 g/mol. The summed E-state index contributed by atoms with van der Waals surface area (Å²) >= 11 is 0. The van der Waals surface area contributed by atoms with E-state index in [0.29, 0.717) is 28.2 Å². The molecule has 1 aliphatic rings. The van der Waals surface area contributed by atoms with Gasteiger partial charge < -0.3 is 15.0 Å². The average Bonchev–Trinajstić information content (AvgIpc) is 3.34. The largest absolute Gasteiger partial charge is 0.448 e. The maximum Gasteiger partial charge on any atom is 0.408 e. The first-order valence-electron chi connectivity index (χ1n) is 12.0. The summed E-state index contributed by atoms with van der Waals surface area (Å²) in [5, 5.41) is 14.4. The highest BCUT2D eigenvalue weighted by Gasteiger charge is 2.42. The van der Waals surface area contributed by atoms with Gasteiger partial charge in [-0.1, -0.05) is 33.7 Å². The highest BCUT2D eigenvalue weighted by atomic mass is 33.1. The molecule has 0 saturated heterocycles. The number of hydrogen-bond acceptors (Lipinski definition) is 9. The van der Waals surface area contributed by atoms with Crippen LogP contribution in [0.1, 0.15) is 36.0 Å². The fraction of sp³-hybridized carbons (Fsp3) is 0.320. The van der Waals surface area contributed by atoms with Gasteiger partial charge in [0, 0.05) is 17.7 Å². The van der Waals surface area contributed by atoms with Gasteiger partial charge in [-0.05, 0) is 43.0 Å². The van der Waals surface area contributed by atoms with Gasteiger partial charge in [-0.3, -0.25) is 9.48 Å². The Kier molecular flexibility index (Phi) is 7.75. The number of ether oxygens (including phenoxy) is 1. The quantitative estimate of drug-likeness (QED) is 0.300. The zero-order chi connectivity index (χ0) is 27.7. The van der Waals surface area contributed by atoms with Gasteiger partial charge in [-0.25, -0.2) is 23.7 Å². The summed E-state index contributed by atoms with van der Waals surface area (Å²) in [4.78, 5) is 31.6. The van der Waals surface area contributed by atoms with Crippen LogP contribution in [0.5, 0.6) is 0 Å². The molecule has 0 saturated carbocycles. The Morgan fingerprint density at radius 3 is 2.69 bits per heavy atom. The van der Waals surface area contributed by atoms with E-state index in [2.05, 4.69) is 25.6 Å². The van der Waals surface area contributed by atoms with E-state index in [1.165, 1.54) is 24.5 Å². The number of hydrogen-bond donors (Lipinski definition) is 2. The number of aryl methyl sites for hydroxylation is 1. The van der Waals surface area contributed by atoms with Crippen molar-refractivity contribution in [2.24, 2.45) is 7.05 Å². The van der Waals surface area contributed by atoms with Gasteiger partial charge in [0.15, 0.2) is 0 Å². The molecule has 10 nitrogen and oxygen atoms in total. The van der Waals surface area contributed by atoms with E-state index in [1.54, 1.807) is 50.3 Å². The maximum absolute atomic E-state index is 14.9. The van der Waals surface area contributed by atoms with Crippen molar-refractivity contribution in [3.63, 3.8) is 0 Å². The number of aromatic amines is 1. The molecule has 2 aromatic heterocycles. The van der Waals surface area contributed by atoms with Crippen LogP contribution in [-0.4, -0.2) is 55.8 Å². The van der Waals surface area contributed by atoms with E-state index in [1.807, 2.05) is 13.2 Å². The van der Waals surface area contributed by atoms with Crippen LogP contribution in [-0.2, 0) is 11.8 Å². The number of nitrogens with one attached hydrogen (secondary N) is 2. The summed E-state index contributed by atoms with van der Waals surface area (Å²) < 4.78 is 35.8. The van der Waals surface area contributed by atoms with E-state index in [-0.39, 0.29) is 23.9 Å². The minimum Gasteiger partial charge on any atom is -0.448 e. The van der Waals surface area contributed by atoms with Crippen molar-refractivity contribution in [2.75, 3.05) is 24.4 Å². The van der Waals surface area contributed by atoms with Gasteiger partial charge in [0.1, 0.15) is 30.4 Å². The van der Waals surface area contributed by atoms with E-state index < -0.39 is 35.2 Å². The first-order chi connectivity index (χ1) is 18.8. The third-order valence-corrected chi connectivity index (χ3v) is 8.68. The Morgan fingerprint density at radius 1 is 1.23 bits per heavy atom. The number of aromatic nitrogens is 5. The molecule has 0 aliphatic carbocycles. The second-order valence-corrected chi connectivity index (χ2v) is 11.9. The van der Waals surface area contributed by atoms with Crippen molar-refractivity contribution in [1.82, 2.24) is 30.3 Å². The molecule has 4 aromatic rings. The number of nitrogens with zero attached hydrogens (tertiary/aromatic N) is 5. The Labute approximate surface area is 229 Å². The summed E-state index contributed by atoms with van der Waals surface area (Å²) in [6.07, 6.45) is 2.69. The number of carbonyl (C=O) groups is 1. The lowest BCUT2D eigenvalue weighted by Gasteiger charge is -2.42. The maximum atomic E-state index is 14.9. The molecule has 2 N–H and O–H groups in total. The zero-order valence-electron chi connectivity index (χ0n) is 21.2. The lowest BCUT2D eigenvalue weighted by atomic mass is 9.82. The van der Waals surface area contributed by atoms with Crippen LogP contribution in [0.2, 0.25) is 0 Å². The van der Waals surface area contributed by atoms with E-state index in [0.717, 1.165) is 6.07 Å². The first kappa shape index (κ1) is 26.9. The van der Waals surface area contributed by atoms with Gasteiger partial charge in [0.05, 0.1) is 35.4 Å². The summed E-state index contributed by atoms with van der Waals surface area (Å²) in [5.74, 6) is -1.18. The fourth-order valence-electron chi connectivity index (χ4n) is 4.85. The average molecular weight is 574 g/mol. The molecule has 1 amide bonds. The Hall–Kier alpha value is -3.65. The molecule has 3 atom stereocenters. The van der Waals surface area contributed by atoms with Crippen LogP contribution >= 0.6 is 21.6 Å². The van der Waals surface area contributed by atoms with Crippen LogP contribution in [0.3, 0.4) is 0 Å². The van der Waals surface area contributed by atoms with Gasteiger partial charge in [-0.15, -0.1) is 0 Å². The van der Waals surface area contributed by atoms with Crippen molar-refractivity contribution in [3.05, 3.63) is 81.8 Å². The first-order valence-corrected chi connectivity index (χ1v) is 14.6. The number of carbonyl (C=O) groups excluding carboxylic acids is 1. The van der Waals surface area contributed by atoms with Crippen LogP contribution in [0.25, 0.3) is 10.8 Å². The van der Waals surface area contributed by atoms with Crippen molar-refractivity contribution >= 4 is 44.1 Å². The van der Waals surface area contributed by atoms with Gasteiger partial charge in [0.2, 0.25) is 0 Å². The van der Waals surface area contributed by atoms with Crippen molar-refractivity contribution in [2.45, 2.75) is 24.1 Å². The number of H-pyrrole nitrogens is 1. The fourth-order valence-corrected chi connectivity index (χ4v) is 6.46. The molecule has 0 fully saturated rings. The van der Waals surface area contributed by atoms with E-state index in [9.17, 15) is 18.4 Å². The third-order valence-electron chi connectivity index (χ3n) is 6.46. The summed E-state index contributed by atoms with van der Waals surface area (Å²) in [6, 6.07) is 7.68. The minimum atomic E-state index is -0.654. The molecule has 14 heteroatoms. The second kappa shape index (κ2) is 11.2. The SMILES string of the molecule is CSS[C@@H](C)COC(=O)NCN1c2cc(F)cc3c(=O)[nH]nc(c23)[C@H](c2ncnn2C)[C@H]1c1ccc(F)cc1.